The minimum absolute atomic E-state index is 0.0727. The number of pyridine rings is 1. The van der Waals surface area contributed by atoms with Gasteiger partial charge in [-0.1, -0.05) is 20.8 Å². The molecule has 0 aliphatic heterocycles. The molecule has 1 aromatic heterocycles. The van der Waals surface area contributed by atoms with Crippen LogP contribution < -0.4 is 9.47 Å². The molecular formula is C17H21NO3. The van der Waals surface area contributed by atoms with Crippen molar-refractivity contribution >= 4 is 0 Å². The third-order valence-corrected chi connectivity index (χ3v) is 3.17. The predicted octanol–water partition coefficient (Wildman–Crippen LogP) is 3.67. The first-order chi connectivity index (χ1) is 9.94. The Morgan fingerprint density at radius 3 is 2.48 bits per heavy atom. The maximum atomic E-state index is 9.15. The van der Waals surface area contributed by atoms with Crippen LogP contribution in [0.2, 0.25) is 0 Å². The number of nitrogens with zero attached hydrogens (tertiary/aromatic N) is 1. The molecule has 0 fully saturated rings. The van der Waals surface area contributed by atoms with Gasteiger partial charge in [0.1, 0.15) is 17.2 Å². The number of ether oxygens (including phenoxy) is 2. The number of aromatic nitrogens is 1. The van der Waals surface area contributed by atoms with Crippen LogP contribution in [-0.2, 0) is 12.0 Å². The van der Waals surface area contributed by atoms with Crippen molar-refractivity contribution in [2.24, 2.45) is 0 Å². The minimum Gasteiger partial charge on any atom is -0.497 e. The summed E-state index contributed by atoms with van der Waals surface area (Å²) >= 11 is 0. The van der Waals surface area contributed by atoms with Gasteiger partial charge in [-0.05, 0) is 29.7 Å². The molecule has 0 amide bonds. The van der Waals surface area contributed by atoms with Gasteiger partial charge >= 0.3 is 0 Å². The van der Waals surface area contributed by atoms with Gasteiger partial charge in [0.25, 0.3) is 0 Å². The van der Waals surface area contributed by atoms with Crippen LogP contribution in [-0.4, -0.2) is 17.2 Å². The molecule has 1 heterocycles. The van der Waals surface area contributed by atoms with Gasteiger partial charge in [0.2, 0.25) is 0 Å². The van der Waals surface area contributed by atoms with Crippen molar-refractivity contribution in [3.05, 3.63) is 47.8 Å². The molecule has 0 aliphatic rings. The lowest BCUT2D eigenvalue weighted by Crippen LogP contribution is -2.12. The summed E-state index contributed by atoms with van der Waals surface area (Å²) in [6.45, 7) is 6.27. The molecule has 0 radical (unpaired) electrons. The van der Waals surface area contributed by atoms with Crippen molar-refractivity contribution in [1.29, 1.82) is 0 Å². The van der Waals surface area contributed by atoms with Crippen molar-refractivity contribution < 1.29 is 14.6 Å². The Bertz CT molecular complexity index is 618. The fourth-order valence-electron chi connectivity index (χ4n) is 2.04. The number of benzene rings is 1. The highest BCUT2D eigenvalue weighted by atomic mass is 16.5. The fraction of sp³-hybridized carbons (Fsp3) is 0.353. The highest BCUT2D eigenvalue weighted by Gasteiger charge is 2.20. The summed E-state index contributed by atoms with van der Waals surface area (Å²) in [5.74, 6) is 2.24. The van der Waals surface area contributed by atoms with E-state index in [0.29, 0.717) is 11.4 Å². The third kappa shape index (κ3) is 3.73. The van der Waals surface area contributed by atoms with Crippen LogP contribution in [0.15, 0.2) is 36.5 Å². The molecule has 2 aromatic rings. The molecule has 1 aromatic carbocycles. The van der Waals surface area contributed by atoms with Gasteiger partial charge in [-0.15, -0.1) is 0 Å². The zero-order valence-electron chi connectivity index (χ0n) is 12.9. The highest BCUT2D eigenvalue weighted by Crippen LogP contribution is 2.36. The molecule has 1 N–H and O–H groups in total. The molecule has 112 valence electrons. The van der Waals surface area contributed by atoms with E-state index in [9.17, 15) is 0 Å². The van der Waals surface area contributed by atoms with E-state index in [1.165, 1.54) is 0 Å². The molecule has 21 heavy (non-hydrogen) atoms. The molecule has 0 saturated carbocycles. The van der Waals surface area contributed by atoms with E-state index in [4.69, 9.17) is 14.6 Å². The van der Waals surface area contributed by atoms with Gasteiger partial charge in [0.15, 0.2) is 0 Å². The van der Waals surface area contributed by atoms with Crippen LogP contribution in [0.3, 0.4) is 0 Å². The van der Waals surface area contributed by atoms with E-state index in [2.05, 4.69) is 25.8 Å². The van der Waals surface area contributed by atoms with E-state index >= 15 is 0 Å². The van der Waals surface area contributed by atoms with Crippen molar-refractivity contribution in [3.8, 4) is 17.2 Å². The first-order valence-corrected chi connectivity index (χ1v) is 6.86. The summed E-state index contributed by atoms with van der Waals surface area (Å²) in [5.41, 5.74) is 1.57. The van der Waals surface area contributed by atoms with Gasteiger partial charge in [0.05, 0.1) is 19.4 Å². The highest BCUT2D eigenvalue weighted by molar-refractivity contribution is 5.46. The lowest BCUT2D eigenvalue weighted by molar-refractivity contribution is 0.276. The Morgan fingerprint density at radius 2 is 1.86 bits per heavy atom. The standard InChI is InChI=1S/C17H21NO3/c1-17(2,3)15-10-13(20-4)5-6-16(15)21-14-7-8-18-12(9-14)11-19/h5-10,19H,11H2,1-4H3. The molecule has 0 saturated heterocycles. The lowest BCUT2D eigenvalue weighted by Gasteiger charge is -2.23. The van der Waals surface area contributed by atoms with Gasteiger partial charge in [-0.3, -0.25) is 4.98 Å². The lowest BCUT2D eigenvalue weighted by atomic mass is 9.86. The maximum Gasteiger partial charge on any atom is 0.131 e. The van der Waals surface area contributed by atoms with Crippen LogP contribution >= 0.6 is 0 Å². The fourth-order valence-corrected chi connectivity index (χ4v) is 2.04. The van der Waals surface area contributed by atoms with E-state index < -0.39 is 0 Å². The number of aliphatic hydroxyl groups excluding tert-OH is 1. The maximum absolute atomic E-state index is 9.15. The van der Waals surface area contributed by atoms with Crippen molar-refractivity contribution in [2.75, 3.05) is 7.11 Å². The number of aliphatic hydroxyl groups is 1. The summed E-state index contributed by atoms with van der Waals surface area (Å²) in [4.78, 5) is 4.05. The average molecular weight is 287 g/mol. The summed E-state index contributed by atoms with van der Waals surface area (Å²) in [6, 6.07) is 9.27. The molecule has 0 aliphatic carbocycles. The number of rotatable bonds is 4. The Hall–Kier alpha value is -2.07. The second kappa shape index (κ2) is 6.14. The molecule has 0 atom stereocenters. The first-order valence-electron chi connectivity index (χ1n) is 6.86. The van der Waals surface area contributed by atoms with Crippen molar-refractivity contribution in [2.45, 2.75) is 32.8 Å². The smallest absolute Gasteiger partial charge is 0.131 e. The summed E-state index contributed by atoms with van der Waals surface area (Å²) < 4.78 is 11.3. The van der Waals surface area contributed by atoms with E-state index in [0.717, 1.165) is 17.1 Å². The Morgan fingerprint density at radius 1 is 1.10 bits per heavy atom. The number of methoxy groups -OCH3 is 1. The molecule has 0 unspecified atom stereocenters. The predicted molar refractivity (Wildman–Crippen MR) is 81.9 cm³/mol. The molecule has 0 bridgehead atoms. The van der Waals surface area contributed by atoms with Crippen LogP contribution in [0.5, 0.6) is 17.2 Å². The quantitative estimate of drug-likeness (QED) is 0.932. The average Bonchev–Trinajstić information content (AvgIpc) is 2.46. The zero-order chi connectivity index (χ0) is 15.5. The van der Waals surface area contributed by atoms with Crippen molar-refractivity contribution in [1.82, 2.24) is 4.98 Å². The second-order valence-electron chi connectivity index (χ2n) is 5.86. The Balaban J connectivity index is 2.39. The van der Waals surface area contributed by atoms with E-state index in [1.807, 2.05) is 18.2 Å². The summed E-state index contributed by atoms with van der Waals surface area (Å²) in [5, 5.41) is 9.15. The monoisotopic (exact) mass is 287 g/mol. The minimum atomic E-state index is -0.105. The van der Waals surface area contributed by atoms with Crippen LogP contribution in [0, 0.1) is 0 Å². The van der Waals surface area contributed by atoms with Crippen LogP contribution in [0.25, 0.3) is 0 Å². The third-order valence-electron chi connectivity index (χ3n) is 3.17. The second-order valence-corrected chi connectivity index (χ2v) is 5.86. The number of hydrogen-bond acceptors (Lipinski definition) is 4. The zero-order valence-corrected chi connectivity index (χ0v) is 12.9. The number of hydrogen-bond donors (Lipinski definition) is 1. The Kier molecular flexibility index (Phi) is 4.48. The largest absolute Gasteiger partial charge is 0.497 e. The van der Waals surface area contributed by atoms with Gasteiger partial charge in [-0.2, -0.15) is 0 Å². The summed E-state index contributed by atoms with van der Waals surface area (Å²) in [7, 11) is 1.65. The molecule has 4 heteroatoms. The van der Waals surface area contributed by atoms with Gasteiger partial charge < -0.3 is 14.6 Å². The first kappa shape index (κ1) is 15.3. The molecule has 4 nitrogen and oxygen atoms in total. The SMILES string of the molecule is COc1ccc(Oc2ccnc(CO)c2)c(C(C)(C)C)c1. The molecule has 0 spiro atoms. The molecule has 2 rings (SSSR count). The summed E-state index contributed by atoms with van der Waals surface area (Å²) in [6.07, 6.45) is 1.63. The van der Waals surface area contributed by atoms with Crippen LogP contribution in [0.4, 0.5) is 0 Å². The Labute approximate surface area is 125 Å². The normalized spacial score (nSPS) is 11.3. The van der Waals surface area contributed by atoms with E-state index in [1.54, 1.807) is 25.4 Å². The van der Waals surface area contributed by atoms with Crippen molar-refractivity contribution in [3.63, 3.8) is 0 Å². The van der Waals surface area contributed by atoms with Crippen LogP contribution in [0.1, 0.15) is 32.0 Å². The van der Waals surface area contributed by atoms with Gasteiger partial charge in [-0.25, -0.2) is 0 Å². The topological polar surface area (TPSA) is 51.6 Å². The molecular weight excluding hydrogens is 266 g/mol. The van der Waals surface area contributed by atoms with Gasteiger partial charge in [0, 0.05) is 17.8 Å². The van der Waals surface area contributed by atoms with E-state index in [-0.39, 0.29) is 12.0 Å².